The molecule has 4 heterocycles. The van der Waals surface area contributed by atoms with Gasteiger partial charge in [0.15, 0.2) is 10.8 Å². The number of pyridine rings is 2. The van der Waals surface area contributed by atoms with Crippen LogP contribution in [0.15, 0.2) is 39.6 Å². The first-order valence-corrected chi connectivity index (χ1v) is 10.9. The molecule has 0 saturated carbocycles. The molecule has 1 fully saturated rings. The van der Waals surface area contributed by atoms with Crippen molar-refractivity contribution in [1.82, 2.24) is 18.8 Å². The first-order valence-electron chi connectivity index (χ1n) is 8.61. The van der Waals surface area contributed by atoms with E-state index in [0.29, 0.717) is 42.9 Å². The lowest BCUT2D eigenvalue weighted by Crippen LogP contribution is -2.37. The van der Waals surface area contributed by atoms with Gasteiger partial charge in [-0.1, -0.05) is 0 Å². The highest BCUT2D eigenvalue weighted by molar-refractivity contribution is 7.89. The quantitative estimate of drug-likeness (QED) is 0.618. The maximum absolute atomic E-state index is 13.0. The fourth-order valence-corrected chi connectivity index (χ4v) is 4.59. The van der Waals surface area contributed by atoms with Gasteiger partial charge in [-0.25, -0.2) is 22.7 Å². The number of hydrogen-bond acceptors (Lipinski definition) is 8. The summed E-state index contributed by atoms with van der Waals surface area (Å²) in [6.07, 6.45) is 2.94. The molecule has 0 spiro atoms. The van der Waals surface area contributed by atoms with Crippen LogP contribution in [0.1, 0.15) is 0 Å². The standard InChI is InChI=1S/C17H19N5O4S2/c1-20(2)28(24,25)13-11-22(17-18-5-10-27-17)16-12(15(13)23)3-4-14(19-16)21-6-8-26-9-7-21/h3-5,10-11H,6-9H2,1-2H3. The second-order valence-electron chi connectivity index (χ2n) is 6.43. The molecule has 11 heteroatoms. The lowest BCUT2D eigenvalue weighted by molar-refractivity contribution is 0.122. The van der Waals surface area contributed by atoms with Gasteiger partial charge < -0.3 is 9.64 Å². The Bertz CT molecular complexity index is 1170. The molecule has 0 atom stereocenters. The highest BCUT2D eigenvalue weighted by atomic mass is 32.2. The van der Waals surface area contributed by atoms with Crippen LogP contribution < -0.4 is 10.3 Å². The number of fused-ring (bicyclic) bond motifs is 1. The van der Waals surface area contributed by atoms with Gasteiger partial charge in [-0.2, -0.15) is 0 Å². The summed E-state index contributed by atoms with van der Waals surface area (Å²) in [5, 5.41) is 2.55. The maximum Gasteiger partial charge on any atom is 0.247 e. The number of aromatic nitrogens is 3. The summed E-state index contributed by atoms with van der Waals surface area (Å²) in [6.45, 7) is 2.62. The molecular weight excluding hydrogens is 402 g/mol. The fraction of sp³-hybridized carbons (Fsp3) is 0.353. The Morgan fingerprint density at radius 2 is 1.96 bits per heavy atom. The molecule has 1 aliphatic rings. The van der Waals surface area contributed by atoms with Gasteiger partial charge in [0.05, 0.1) is 18.6 Å². The van der Waals surface area contributed by atoms with Crippen LogP contribution in [-0.4, -0.2) is 67.7 Å². The third-order valence-corrected chi connectivity index (χ3v) is 7.10. The molecule has 0 unspecified atom stereocenters. The number of morpholine rings is 1. The second kappa shape index (κ2) is 7.24. The Morgan fingerprint density at radius 1 is 1.21 bits per heavy atom. The number of thiazole rings is 1. The van der Waals surface area contributed by atoms with Crippen molar-refractivity contribution < 1.29 is 13.2 Å². The molecule has 1 aliphatic heterocycles. The predicted octanol–water partition coefficient (Wildman–Crippen LogP) is 0.929. The molecule has 3 aromatic heterocycles. The zero-order valence-electron chi connectivity index (χ0n) is 15.4. The summed E-state index contributed by atoms with van der Waals surface area (Å²) in [5.74, 6) is 0.712. The van der Waals surface area contributed by atoms with Gasteiger partial charge in [0.25, 0.3) is 0 Å². The Kier molecular flexibility index (Phi) is 4.91. The normalized spacial score (nSPS) is 15.5. The van der Waals surface area contributed by atoms with Crippen molar-refractivity contribution in [3.8, 4) is 5.13 Å². The van der Waals surface area contributed by atoms with Crippen LogP contribution in [0.3, 0.4) is 0 Å². The van der Waals surface area contributed by atoms with Crippen molar-refractivity contribution in [3.05, 3.63) is 40.1 Å². The zero-order chi connectivity index (χ0) is 19.9. The van der Waals surface area contributed by atoms with Gasteiger partial charge in [0.1, 0.15) is 10.7 Å². The Morgan fingerprint density at radius 3 is 2.61 bits per heavy atom. The van der Waals surface area contributed by atoms with Gasteiger partial charge in [0, 0.05) is 45.0 Å². The summed E-state index contributed by atoms with van der Waals surface area (Å²) in [6, 6.07) is 3.38. The van der Waals surface area contributed by atoms with Crippen LogP contribution in [0.25, 0.3) is 16.2 Å². The maximum atomic E-state index is 13.0. The highest BCUT2D eigenvalue weighted by Crippen LogP contribution is 2.23. The summed E-state index contributed by atoms with van der Waals surface area (Å²) < 4.78 is 33.3. The molecule has 4 rings (SSSR count). The Hall–Kier alpha value is -2.34. The average molecular weight is 422 g/mol. The summed E-state index contributed by atoms with van der Waals surface area (Å²) in [5.41, 5.74) is -0.195. The predicted molar refractivity (Wildman–Crippen MR) is 107 cm³/mol. The molecule has 0 aliphatic carbocycles. The van der Waals surface area contributed by atoms with Gasteiger partial charge in [-0.3, -0.25) is 9.36 Å². The van der Waals surface area contributed by atoms with Crippen molar-refractivity contribution in [1.29, 1.82) is 0 Å². The van der Waals surface area contributed by atoms with Crippen LogP contribution in [-0.2, 0) is 14.8 Å². The highest BCUT2D eigenvalue weighted by Gasteiger charge is 2.25. The smallest absolute Gasteiger partial charge is 0.247 e. The van der Waals surface area contributed by atoms with Crippen LogP contribution in [0.2, 0.25) is 0 Å². The van der Waals surface area contributed by atoms with Crippen LogP contribution in [0, 0.1) is 0 Å². The molecule has 0 amide bonds. The molecule has 148 valence electrons. The first-order chi connectivity index (χ1) is 13.4. The average Bonchev–Trinajstić information content (AvgIpc) is 3.23. The van der Waals surface area contributed by atoms with Crippen molar-refractivity contribution >= 4 is 38.2 Å². The molecule has 9 nitrogen and oxygen atoms in total. The van der Waals surface area contributed by atoms with E-state index in [2.05, 4.69) is 14.9 Å². The van der Waals surface area contributed by atoms with E-state index in [1.807, 2.05) is 0 Å². The lowest BCUT2D eigenvalue weighted by atomic mass is 10.2. The summed E-state index contributed by atoms with van der Waals surface area (Å²) in [7, 11) is -1.13. The molecule has 0 aromatic carbocycles. The fourth-order valence-electron chi connectivity index (χ4n) is 3.00. The van der Waals surface area contributed by atoms with E-state index in [4.69, 9.17) is 4.74 Å². The van der Waals surface area contributed by atoms with Gasteiger partial charge in [-0.05, 0) is 12.1 Å². The van der Waals surface area contributed by atoms with Gasteiger partial charge >= 0.3 is 0 Å². The minimum atomic E-state index is -3.92. The van der Waals surface area contributed by atoms with E-state index >= 15 is 0 Å². The van der Waals surface area contributed by atoms with Gasteiger partial charge in [-0.15, -0.1) is 11.3 Å². The van der Waals surface area contributed by atoms with Crippen LogP contribution >= 0.6 is 11.3 Å². The van der Waals surface area contributed by atoms with E-state index in [1.165, 1.54) is 31.6 Å². The number of sulfonamides is 1. The summed E-state index contributed by atoms with van der Waals surface area (Å²) >= 11 is 1.33. The monoisotopic (exact) mass is 421 g/mol. The van der Waals surface area contributed by atoms with Crippen molar-refractivity contribution in [2.75, 3.05) is 45.3 Å². The van der Waals surface area contributed by atoms with Gasteiger partial charge in [0.2, 0.25) is 15.5 Å². The number of nitrogens with zero attached hydrogens (tertiary/aromatic N) is 5. The third kappa shape index (κ3) is 3.20. The molecule has 0 radical (unpaired) electrons. The van der Waals surface area contributed by atoms with Crippen molar-refractivity contribution in [3.63, 3.8) is 0 Å². The van der Waals surface area contributed by atoms with Crippen LogP contribution in [0.5, 0.6) is 0 Å². The Balaban J connectivity index is 1.99. The molecule has 1 saturated heterocycles. The van der Waals surface area contributed by atoms with E-state index in [-0.39, 0.29) is 10.3 Å². The van der Waals surface area contributed by atoms with Crippen molar-refractivity contribution in [2.24, 2.45) is 0 Å². The number of anilines is 1. The minimum absolute atomic E-state index is 0.232. The van der Waals surface area contributed by atoms with Crippen molar-refractivity contribution in [2.45, 2.75) is 4.90 Å². The topological polar surface area (TPSA) is 97.6 Å². The number of ether oxygens (including phenoxy) is 1. The zero-order valence-corrected chi connectivity index (χ0v) is 17.0. The molecule has 0 N–H and O–H groups in total. The summed E-state index contributed by atoms with van der Waals surface area (Å²) in [4.78, 5) is 23.7. The molecule has 0 bridgehead atoms. The van der Waals surface area contributed by atoms with E-state index < -0.39 is 15.5 Å². The molecular formula is C17H19N5O4S2. The molecule has 3 aromatic rings. The minimum Gasteiger partial charge on any atom is -0.378 e. The SMILES string of the molecule is CN(C)S(=O)(=O)c1cn(-c2nccs2)c2nc(N3CCOCC3)ccc2c1=O. The first kappa shape index (κ1) is 19.0. The second-order valence-corrected chi connectivity index (χ2v) is 9.43. The molecule has 28 heavy (non-hydrogen) atoms. The largest absolute Gasteiger partial charge is 0.378 e. The van der Waals surface area contributed by atoms with E-state index in [9.17, 15) is 13.2 Å². The third-order valence-electron chi connectivity index (χ3n) is 4.52. The Labute approximate surface area is 165 Å². The number of hydrogen-bond donors (Lipinski definition) is 0. The van der Waals surface area contributed by atoms with E-state index in [0.717, 1.165) is 4.31 Å². The lowest BCUT2D eigenvalue weighted by Gasteiger charge is -2.28. The van der Waals surface area contributed by atoms with E-state index in [1.54, 1.807) is 28.3 Å². The van der Waals surface area contributed by atoms with Crippen LogP contribution in [0.4, 0.5) is 5.82 Å². The number of rotatable bonds is 4.